The Morgan fingerprint density at radius 3 is 2.36 bits per heavy atom. The zero-order valence-corrected chi connectivity index (χ0v) is 16.9. The smallest absolute Gasteiger partial charge is 0.234 e. The number of hydrogen-bond donors (Lipinski definition) is 1. The first-order chi connectivity index (χ1) is 13.7. The van der Waals surface area contributed by atoms with E-state index < -0.39 is 0 Å². The molecule has 1 heterocycles. The summed E-state index contributed by atoms with van der Waals surface area (Å²) in [6.07, 6.45) is 1.08. The molecule has 28 heavy (non-hydrogen) atoms. The molecule has 1 fully saturated rings. The highest BCUT2D eigenvalue weighted by atomic mass is 16.5. The normalized spacial score (nSPS) is 16.5. The first-order valence-electron chi connectivity index (χ1n) is 10.1. The van der Waals surface area contributed by atoms with E-state index in [0.717, 1.165) is 50.5 Å². The lowest BCUT2D eigenvalue weighted by molar-refractivity contribution is -0.123. The van der Waals surface area contributed by atoms with Gasteiger partial charge in [-0.2, -0.15) is 0 Å². The Balaban J connectivity index is 1.40. The van der Waals surface area contributed by atoms with E-state index >= 15 is 0 Å². The third-order valence-electron chi connectivity index (χ3n) is 5.37. The van der Waals surface area contributed by atoms with Gasteiger partial charge in [0.2, 0.25) is 5.91 Å². The second kappa shape index (κ2) is 10.2. The maximum atomic E-state index is 12.5. The maximum Gasteiger partial charge on any atom is 0.234 e. The Morgan fingerprint density at radius 1 is 1.00 bits per heavy atom. The molecular weight excluding hydrogens is 350 g/mol. The number of ether oxygens (including phenoxy) is 1. The summed E-state index contributed by atoms with van der Waals surface area (Å²) in [7, 11) is 1.66. The van der Waals surface area contributed by atoms with Crippen molar-refractivity contribution in [3.8, 4) is 5.75 Å². The van der Waals surface area contributed by atoms with Crippen molar-refractivity contribution in [2.24, 2.45) is 0 Å². The zero-order valence-electron chi connectivity index (χ0n) is 16.9. The first-order valence-corrected chi connectivity index (χ1v) is 10.1. The number of methoxy groups -OCH3 is 1. The summed E-state index contributed by atoms with van der Waals surface area (Å²) < 4.78 is 5.40. The van der Waals surface area contributed by atoms with Crippen LogP contribution in [0.5, 0.6) is 5.75 Å². The Morgan fingerprint density at radius 2 is 1.64 bits per heavy atom. The van der Waals surface area contributed by atoms with Gasteiger partial charge in [-0.25, -0.2) is 0 Å². The van der Waals surface area contributed by atoms with Crippen LogP contribution in [0.4, 0.5) is 0 Å². The fourth-order valence-electron chi connectivity index (χ4n) is 3.70. The maximum absolute atomic E-state index is 12.5. The van der Waals surface area contributed by atoms with Crippen LogP contribution in [-0.2, 0) is 11.2 Å². The number of para-hydroxylation sites is 1. The number of carbonyl (C=O) groups is 1. The van der Waals surface area contributed by atoms with Crippen molar-refractivity contribution >= 4 is 5.91 Å². The highest BCUT2D eigenvalue weighted by Gasteiger charge is 2.20. The monoisotopic (exact) mass is 381 g/mol. The zero-order chi connectivity index (χ0) is 19.8. The average molecular weight is 382 g/mol. The van der Waals surface area contributed by atoms with Gasteiger partial charge in [0.25, 0.3) is 0 Å². The summed E-state index contributed by atoms with van der Waals surface area (Å²) in [4.78, 5) is 17.2. The van der Waals surface area contributed by atoms with E-state index in [1.54, 1.807) is 7.11 Å². The van der Waals surface area contributed by atoms with Crippen LogP contribution in [0, 0.1) is 0 Å². The van der Waals surface area contributed by atoms with E-state index in [-0.39, 0.29) is 11.9 Å². The largest absolute Gasteiger partial charge is 0.496 e. The third kappa shape index (κ3) is 5.81. The molecule has 1 N–H and O–H groups in total. The second-order valence-corrected chi connectivity index (χ2v) is 7.38. The molecule has 1 aliphatic heterocycles. The molecule has 1 unspecified atom stereocenters. The van der Waals surface area contributed by atoms with Gasteiger partial charge < -0.3 is 15.0 Å². The van der Waals surface area contributed by atoms with Gasteiger partial charge in [-0.05, 0) is 25.0 Å². The predicted octanol–water partition coefficient (Wildman–Crippen LogP) is 2.73. The van der Waals surface area contributed by atoms with E-state index in [9.17, 15) is 4.79 Å². The van der Waals surface area contributed by atoms with Gasteiger partial charge in [0.15, 0.2) is 0 Å². The highest BCUT2D eigenvalue weighted by Crippen LogP contribution is 2.24. The number of benzene rings is 2. The summed E-state index contributed by atoms with van der Waals surface area (Å²) in [5, 5.41) is 3.10. The van der Waals surface area contributed by atoms with Gasteiger partial charge in [0, 0.05) is 38.3 Å². The molecule has 0 radical (unpaired) electrons. The van der Waals surface area contributed by atoms with Crippen molar-refractivity contribution in [2.75, 3.05) is 46.4 Å². The van der Waals surface area contributed by atoms with Crippen LogP contribution in [0.1, 0.15) is 24.1 Å². The van der Waals surface area contributed by atoms with Crippen LogP contribution in [0.2, 0.25) is 0 Å². The molecule has 0 bridgehead atoms. The van der Waals surface area contributed by atoms with Gasteiger partial charge in [-0.15, -0.1) is 0 Å². The number of carbonyl (C=O) groups excluding carboxylic acids is 1. The fourth-order valence-corrected chi connectivity index (χ4v) is 3.70. The lowest BCUT2D eigenvalue weighted by Crippen LogP contribution is -2.50. The van der Waals surface area contributed by atoms with Crippen LogP contribution in [-0.4, -0.2) is 62.1 Å². The molecule has 1 amide bonds. The summed E-state index contributed by atoms with van der Waals surface area (Å²) in [5.74, 6) is 0.874. The lowest BCUT2D eigenvalue weighted by Gasteiger charge is -2.34. The number of nitrogens with zero attached hydrogens (tertiary/aromatic N) is 2. The molecule has 3 rings (SSSR count). The molecular formula is C23H31N3O2. The molecule has 5 nitrogen and oxygen atoms in total. The van der Waals surface area contributed by atoms with Crippen molar-refractivity contribution in [3.63, 3.8) is 0 Å². The molecule has 0 aromatic heterocycles. The van der Waals surface area contributed by atoms with E-state index in [0.29, 0.717) is 6.54 Å². The summed E-state index contributed by atoms with van der Waals surface area (Å²) in [5.41, 5.74) is 2.39. The van der Waals surface area contributed by atoms with Crippen LogP contribution >= 0.6 is 0 Å². The van der Waals surface area contributed by atoms with E-state index in [2.05, 4.69) is 45.4 Å². The van der Waals surface area contributed by atoms with Crippen LogP contribution < -0.4 is 10.1 Å². The summed E-state index contributed by atoms with van der Waals surface area (Å²) in [6.45, 7) is 7.43. The molecule has 150 valence electrons. The molecule has 1 saturated heterocycles. The average Bonchev–Trinajstić information content (AvgIpc) is 2.74. The molecule has 5 heteroatoms. The van der Waals surface area contributed by atoms with Crippen molar-refractivity contribution in [1.82, 2.24) is 15.1 Å². The van der Waals surface area contributed by atoms with Crippen molar-refractivity contribution < 1.29 is 9.53 Å². The Kier molecular flexibility index (Phi) is 7.46. The number of piperazine rings is 1. The molecule has 2 aromatic rings. The van der Waals surface area contributed by atoms with E-state index in [4.69, 9.17) is 4.74 Å². The Labute approximate surface area is 168 Å². The van der Waals surface area contributed by atoms with Crippen molar-refractivity contribution in [3.05, 3.63) is 65.7 Å². The molecule has 2 aromatic carbocycles. The topological polar surface area (TPSA) is 44.8 Å². The van der Waals surface area contributed by atoms with E-state index in [1.807, 2.05) is 31.2 Å². The van der Waals surface area contributed by atoms with Gasteiger partial charge in [-0.3, -0.25) is 9.69 Å². The number of hydrogen-bond acceptors (Lipinski definition) is 4. The van der Waals surface area contributed by atoms with Crippen molar-refractivity contribution in [2.45, 2.75) is 19.4 Å². The SMILES string of the molecule is COc1ccccc1C(C)NC(=O)CN1CCN(CCc2ccccc2)CC1. The van der Waals surface area contributed by atoms with E-state index in [1.165, 1.54) is 5.56 Å². The lowest BCUT2D eigenvalue weighted by atomic mass is 10.1. The summed E-state index contributed by atoms with van der Waals surface area (Å²) >= 11 is 0. The summed E-state index contributed by atoms with van der Waals surface area (Å²) in [6, 6.07) is 18.4. The van der Waals surface area contributed by atoms with Gasteiger partial charge in [0.1, 0.15) is 5.75 Å². The molecule has 0 spiro atoms. The number of amides is 1. The predicted molar refractivity (Wildman–Crippen MR) is 113 cm³/mol. The molecule has 1 atom stereocenters. The van der Waals surface area contributed by atoms with Crippen LogP contribution in [0.15, 0.2) is 54.6 Å². The molecule has 0 aliphatic carbocycles. The quantitative estimate of drug-likeness (QED) is 0.764. The van der Waals surface area contributed by atoms with Crippen molar-refractivity contribution in [1.29, 1.82) is 0 Å². The van der Waals surface area contributed by atoms with Gasteiger partial charge >= 0.3 is 0 Å². The Bertz CT molecular complexity index is 743. The number of nitrogens with one attached hydrogen (secondary N) is 1. The minimum Gasteiger partial charge on any atom is -0.496 e. The van der Waals surface area contributed by atoms with Gasteiger partial charge in [0.05, 0.1) is 19.7 Å². The standard InChI is InChI=1S/C23H31N3O2/c1-19(21-10-6-7-11-22(21)28-2)24-23(27)18-26-16-14-25(15-17-26)13-12-20-8-4-3-5-9-20/h3-11,19H,12-18H2,1-2H3,(H,24,27). The highest BCUT2D eigenvalue weighted by molar-refractivity contribution is 5.78. The molecule has 0 saturated carbocycles. The first kappa shape index (κ1) is 20.4. The van der Waals surface area contributed by atoms with Crippen LogP contribution in [0.25, 0.3) is 0 Å². The number of rotatable bonds is 8. The fraction of sp³-hybridized carbons (Fsp3) is 0.435. The second-order valence-electron chi connectivity index (χ2n) is 7.38. The Hall–Kier alpha value is -2.37. The minimum absolute atomic E-state index is 0.0659. The minimum atomic E-state index is -0.0733. The van der Waals surface area contributed by atoms with Gasteiger partial charge in [-0.1, -0.05) is 48.5 Å². The molecule has 1 aliphatic rings. The van der Waals surface area contributed by atoms with Crippen LogP contribution in [0.3, 0.4) is 0 Å². The third-order valence-corrected chi connectivity index (χ3v) is 5.37.